The second-order valence-corrected chi connectivity index (χ2v) is 13.4. The van der Waals surface area contributed by atoms with Gasteiger partial charge in [0.2, 0.25) is 5.91 Å². The molecular formula is C33H33F6N5O7. The Morgan fingerprint density at radius 2 is 1.53 bits per heavy atom. The van der Waals surface area contributed by atoms with Gasteiger partial charge in [0, 0.05) is 31.4 Å². The summed E-state index contributed by atoms with van der Waals surface area (Å²) < 4.78 is 80.5. The average Bonchev–Trinajstić information content (AvgIpc) is 2.98. The van der Waals surface area contributed by atoms with Gasteiger partial charge in [0.25, 0.3) is 0 Å². The Balaban J connectivity index is 1.60. The first-order valence-electron chi connectivity index (χ1n) is 15.4. The summed E-state index contributed by atoms with van der Waals surface area (Å²) in [5.41, 5.74) is -1.60. The van der Waals surface area contributed by atoms with Gasteiger partial charge in [-0.15, -0.1) is 0 Å². The number of aromatic hydroxyl groups is 1. The lowest BCUT2D eigenvalue weighted by Gasteiger charge is -2.52. The Labute approximate surface area is 286 Å². The highest BCUT2D eigenvalue weighted by molar-refractivity contribution is 6.32. The van der Waals surface area contributed by atoms with Gasteiger partial charge in [-0.05, 0) is 69.6 Å². The Hall–Kier alpha value is -4.84. The normalized spacial score (nSPS) is 26.8. The number of hydrogen-bond donors (Lipinski definition) is 4. The van der Waals surface area contributed by atoms with E-state index < -0.39 is 105 Å². The van der Waals surface area contributed by atoms with E-state index in [1.165, 1.54) is 32.0 Å². The molecule has 2 unspecified atom stereocenters. The number of amidine groups is 1. The van der Waals surface area contributed by atoms with E-state index in [0.717, 1.165) is 0 Å². The van der Waals surface area contributed by atoms with Gasteiger partial charge in [-0.2, -0.15) is 26.3 Å². The molecule has 0 aliphatic heterocycles. The number of benzene rings is 2. The molecule has 0 spiro atoms. The van der Waals surface area contributed by atoms with Crippen LogP contribution < -0.4 is 16.0 Å². The number of anilines is 2. The minimum absolute atomic E-state index is 0.0477. The van der Waals surface area contributed by atoms with Crippen molar-refractivity contribution in [3.05, 3.63) is 46.5 Å². The zero-order chi connectivity index (χ0) is 38.3. The van der Waals surface area contributed by atoms with E-state index in [9.17, 15) is 60.5 Å². The number of nitrogens with one attached hydrogen (secondary N) is 1. The summed E-state index contributed by atoms with van der Waals surface area (Å²) in [4.78, 5) is 74.3. The van der Waals surface area contributed by atoms with Crippen molar-refractivity contribution in [3.8, 4) is 5.75 Å². The molecule has 12 nitrogen and oxygen atoms in total. The third-order valence-electron chi connectivity index (χ3n) is 9.70. The number of likely N-dealkylation sites (N-methyl/N-ethyl adjacent to an activating group) is 1. The van der Waals surface area contributed by atoms with Crippen LogP contribution in [0.3, 0.4) is 0 Å². The largest absolute Gasteiger partial charge is 0.505 e. The molecule has 18 heteroatoms. The summed E-state index contributed by atoms with van der Waals surface area (Å²) in [6.07, 6.45) is -10.5. The molecule has 2 aromatic rings. The van der Waals surface area contributed by atoms with Crippen molar-refractivity contribution >= 4 is 51.9 Å². The van der Waals surface area contributed by atoms with E-state index in [0.29, 0.717) is 17.8 Å². The van der Waals surface area contributed by atoms with Crippen molar-refractivity contribution in [1.29, 1.82) is 0 Å². The summed E-state index contributed by atoms with van der Waals surface area (Å²) in [7, 11) is 6.08. The zero-order valence-corrected chi connectivity index (χ0v) is 27.7. The number of halogens is 6. The van der Waals surface area contributed by atoms with Gasteiger partial charge in [0.05, 0.1) is 28.7 Å². The van der Waals surface area contributed by atoms with Crippen molar-refractivity contribution in [3.63, 3.8) is 0 Å². The smallest absolute Gasteiger partial charge is 0.416 e. The monoisotopic (exact) mass is 725 g/mol. The zero-order valence-electron chi connectivity index (χ0n) is 27.7. The van der Waals surface area contributed by atoms with Crippen molar-refractivity contribution in [2.24, 2.45) is 34.4 Å². The highest BCUT2D eigenvalue weighted by atomic mass is 19.4. The summed E-state index contributed by atoms with van der Waals surface area (Å²) in [5, 5.41) is 25.5. The number of phenols is 1. The Morgan fingerprint density at radius 3 is 2.02 bits per heavy atom. The number of carbonyl (C=O) groups excluding carboxylic acids is 5. The average molecular weight is 726 g/mol. The maximum absolute atomic E-state index is 14.2. The molecule has 2 fully saturated rings. The van der Waals surface area contributed by atoms with Crippen LogP contribution in [0, 0.1) is 23.7 Å². The van der Waals surface area contributed by atoms with Crippen LogP contribution in [-0.2, 0) is 38.0 Å². The van der Waals surface area contributed by atoms with Crippen LogP contribution in [0.25, 0.3) is 0 Å². The molecule has 0 saturated heterocycles. The number of ketones is 4. The standard InChI is InChI=1S/C33H33F6N5O7/c1-12(41-16-9-14(32(34,35)36)8-15(10-16)33(37,38)39)42-19-11-20(43(2)3)17-6-13-7-18-24(44(4)5)27(47)23(30(40)50)29(49)31(18,51)28(48)21(13)26(46)22(17)25(19)45/h8-11,13,18,21,23-24,45,51H,6-7H2,1-5H3,(H2,40,50)(H,41,42)/t13-,18-,21?,23?,24-,31-/m1/s1. The molecule has 6 atom stereocenters. The number of amides is 1. The fourth-order valence-electron chi connectivity index (χ4n) is 7.57. The Bertz CT molecular complexity index is 1870. The number of fused-ring (bicyclic) bond motifs is 3. The Morgan fingerprint density at radius 1 is 0.961 bits per heavy atom. The van der Waals surface area contributed by atoms with E-state index in [-0.39, 0.29) is 36.0 Å². The first-order valence-corrected chi connectivity index (χ1v) is 15.4. The molecule has 0 heterocycles. The molecule has 2 aromatic carbocycles. The lowest BCUT2D eigenvalue weighted by molar-refractivity contribution is -0.181. The number of primary amides is 1. The van der Waals surface area contributed by atoms with Gasteiger partial charge in [-0.1, -0.05) is 0 Å². The number of aliphatic hydroxyl groups is 1. The topological polar surface area (TPSA) is 183 Å². The third-order valence-corrected chi connectivity index (χ3v) is 9.70. The predicted molar refractivity (Wildman–Crippen MR) is 169 cm³/mol. The second-order valence-electron chi connectivity index (χ2n) is 13.4. The first kappa shape index (κ1) is 37.4. The minimum Gasteiger partial charge on any atom is -0.505 e. The molecule has 51 heavy (non-hydrogen) atoms. The third kappa shape index (κ3) is 6.13. The molecule has 3 aliphatic rings. The van der Waals surface area contributed by atoms with Crippen molar-refractivity contribution in [2.45, 2.75) is 43.8 Å². The molecule has 0 radical (unpaired) electrons. The van der Waals surface area contributed by atoms with E-state index in [2.05, 4.69) is 10.3 Å². The van der Waals surface area contributed by atoms with E-state index in [1.807, 2.05) is 0 Å². The number of hydrogen-bond acceptors (Lipinski definition) is 10. The number of carbonyl (C=O) groups is 5. The number of aliphatic imine (C=N–C) groups is 1. The van der Waals surface area contributed by atoms with Crippen LogP contribution in [0.4, 0.5) is 43.4 Å². The maximum atomic E-state index is 14.2. The SMILES string of the molecule is CC(=Nc1cc(N(C)C)c2c(c1O)C(=O)C1C(=O)[C@@]3(O)C(=O)C(C(N)=O)C(=O)[C@H](N(C)C)[C@H]3C[C@H]1C2)Nc1cc(C(F)(F)F)cc(C(F)(F)F)c1. The van der Waals surface area contributed by atoms with Gasteiger partial charge in [-0.25, -0.2) is 4.99 Å². The fraction of sp³-hybridized carbons (Fsp3) is 0.455. The van der Waals surface area contributed by atoms with E-state index in [1.54, 1.807) is 19.0 Å². The first-order chi connectivity index (χ1) is 23.4. The second kappa shape index (κ2) is 12.4. The molecule has 0 bridgehead atoms. The quantitative estimate of drug-likeness (QED) is 0.155. The van der Waals surface area contributed by atoms with Gasteiger partial charge < -0.3 is 26.2 Å². The molecule has 5 N–H and O–H groups in total. The molecule has 2 saturated carbocycles. The van der Waals surface area contributed by atoms with Crippen LogP contribution in [0.2, 0.25) is 0 Å². The number of phenolic OH excluding ortho intramolecular Hbond substituents is 1. The lowest BCUT2D eigenvalue weighted by atomic mass is 9.52. The summed E-state index contributed by atoms with van der Waals surface area (Å²) in [6.45, 7) is 1.19. The minimum atomic E-state index is -5.12. The van der Waals surface area contributed by atoms with Gasteiger partial charge >= 0.3 is 12.4 Å². The van der Waals surface area contributed by atoms with Crippen LogP contribution in [0.1, 0.15) is 40.4 Å². The molecular weight excluding hydrogens is 692 g/mol. The van der Waals surface area contributed by atoms with Crippen molar-refractivity contribution < 1.29 is 60.5 Å². The van der Waals surface area contributed by atoms with Crippen LogP contribution in [-0.4, -0.2) is 89.8 Å². The molecule has 0 aromatic heterocycles. The van der Waals surface area contributed by atoms with Crippen LogP contribution in [0.15, 0.2) is 29.3 Å². The Kier molecular flexibility index (Phi) is 9.12. The van der Waals surface area contributed by atoms with Gasteiger partial charge in [0.15, 0.2) is 40.4 Å². The van der Waals surface area contributed by atoms with Gasteiger partial charge in [0.1, 0.15) is 11.5 Å². The summed E-state index contributed by atoms with van der Waals surface area (Å²) >= 11 is 0. The van der Waals surface area contributed by atoms with Crippen LogP contribution in [0.5, 0.6) is 5.75 Å². The number of nitrogens with two attached hydrogens (primary N) is 1. The van der Waals surface area contributed by atoms with Gasteiger partial charge in [-0.3, -0.25) is 28.9 Å². The summed E-state index contributed by atoms with van der Waals surface area (Å²) in [6, 6.07) is 0.867. The predicted octanol–water partition coefficient (Wildman–Crippen LogP) is 3.13. The van der Waals surface area contributed by atoms with E-state index >= 15 is 0 Å². The van der Waals surface area contributed by atoms with Crippen LogP contribution >= 0.6 is 0 Å². The highest BCUT2D eigenvalue weighted by Crippen LogP contribution is 2.53. The molecule has 5 rings (SSSR count). The molecule has 3 aliphatic carbocycles. The van der Waals surface area contributed by atoms with E-state index in [4.69, 9.17) is 5.73 Å². The summed E-state index contributed by atoms with van der Waals surface area (Å²) in [5.74, 6) is -13.1. The number of rotatable bonds is 5. The molecule has 274 valence electrons. The fourth-order valence-corrected chi connectivity index (χ4v) is 7.57. The maximum Gasteiger partial charge on any atom is 0.416 e. The number of nitrogens with zero attached hydrogens (tertiary/aromatic N) is 3. The lowest BCUT2D eigenvalue weighted by Crippen LogP contribution is -2.74. The number of Topliss-reactive ketones (excluding diaryl/α,β-unsaturated/α-hetero) is 4. The van der Waals surface area contributed by atoms with Crippen molar-refractivity contribution in [1.82, 2.24) is 4.90 Å². The van der Waals surface area contributed by atoms with Crippen molar-refractivity contribution in [2.75, 3.05) is 38.4 Å². The number of alkyl halides is 6. The molecule has 1 amide bonds. The highest BCUT2D eigenvalue weighted by Gasteiger charge is 2.69.